The van der Waals surface area contributed by atoms with Crippen molar-refractivity contribution in [2.45, 2.75) is 32.9 Å². The Hall–Kier alpha value is -2.53. The Morgan fingerprint density at radius 3 is 2.88 bits per heavy atom. The van der Waals surface area contributed by atoms with Crippen molar-refractivity contribution in [3.63, 3.8) is 0 Å². The topological polar surface area (TPSA) is 47.8 Å². The highest BCUT2D eigenvalue weighted by atomic mass is 16.5. The second-order valence-electron chi connectivity index (χ2n) is 6.51. The average molecular weight is 337 g/mol. The van der Waals surface area contributed by atoms with Crippen LogP contribution in [-0.2, 0) is 6.54 Å². The highest BCUT2D eigenvalue weighted by Crippen LogP contribution is 2.32. The molecule has 5 heteroatoms. The molecule has 1 N–H and O–H groups in total. The van der Waals surface area contributed by atoms with Crippen LogP contribution in [-0.4, -0.2) is 22.6 Å². The summed E-state index contributed by atoms with van der Waals surface area (Å²) >= 11 is 0. The molecule has 1 atom stereocenters. The highest BCUT2D eigenvalue weighted by Gasteiger charge is 2.14. The fraction of sp³-hybridized carbons (Fsp3) is 0.350. The summed E-state index contributed by atoms with van der Waals surface area (Å²) in [6.07, 6.45) is 5.03. The van der Waals surface area contributed by atoms with Gasteiger partial charge in [-0.1, -0.05) is 12.1 Å². The molecule has 130 valence electrons. The molecule has 0 aliphatic carbocycles. The molecule has 25 heavy (non-hydrogen) atoms. The van der Waals surface area contributed by atoms with Crippen LogP contribution >= 0.6 is 0 Å². The number of nitrogens with one attached hydrogen (secondary N) is 1. The second kappa shape index (κ2) is 6.76. The Kier molecular flexibility index (Phi) is 4.32. The van der Waals surface area contributed by atoms with Crippen molar-refractivity contribution < 1.29 is 9.47 Å². The number of pyridine rings is 1. The Labute approximate surface area is 147 Å². The van der Waals surface area contributed by atoms with E-state index in [1.165, 1.54) is 11.1 Å². The van der Waals surface area contributed by atoms with E-state index in [0.29, 0.717) is 13.2 Å². The molecule has 5 nitrogen and oxygen atoms in total. The van der Waals surface area contributed by atoms with Crippen molar-refractivity contribution in [1.29, 1.82) is 0 Å². The lowest BCUT2D eigenvalue weighted by Gasteiger charge is -2.16. The Bertz CT molecular complexity index is 888. The first-order chi connectivity index (χ1) is 12.2. The molecular weight excluding hydrogens is 314 g/mol. The van der Waals surface area contributed by atoms with Gasteiger partial charge in [-0.25, -0.2) is 4.98 Å². The summed E-state index contributed by atoms with van der Waals surface area (Å²) < 4.78 is 13.6. The molecule has 1 aliphatic rings. The van der Waals surface area contributed by atoms with Gasteiger partial charge in [-0.3, -0.25) is 0 Å². The van der Waals surface area contributed by atoms with Gasteiger partial charge in [0.1, 0.15) is 5.65 Å². The van der Waals surface area contributed by atoms with Gasteiger partial charge in [0.25, 0.3) is 0 Å². The van der Waals surface area contributed by atoms with Crippen molar-refractivity contribution in [3.05, 3.63) is 59.5 Å². The monoisotopic (exact) mass is 337 g/mol. The summed E-state index contributed by atoms with van der Waals surface area (Å²) in [5, 5.41) is 3.55. The summed E-state index contributed by atoms with van der Waals surface area (Å²) in [6.45, 7) is 6.38. The quantitative estimate of drug-likeness (QED) is 0.789. The lowest BCUT2D eigenvalue weighted by Crippen LogP contribution is -2.18. The number of aromatic nitrogens is 2. The minimum atomic E-state index is 0.197. The van der Waals surface area contributed by atoms with E-state index in [-0.39, 0.29) is 6.04 Å². The van der Waals surface area contributed by atoms with E-state index >= 15 is 0 Å². The lowest BCUT2D eigenvalue weighted by atomic mass is 10.1. The predicted molar refractivity (Wildman–Crippen MR) is 97.2 cm³/mol. The largest absolute Gasteiger partial charge is 0.490 e. The predicted octanol–water partition coefficient (Wildman–Crippen LogP) is 3.65. The maximum atomic E-state index is 5.79. The summed E-state index contributed by atoms with van der Waals surface area (Å²) in [4.78, 5) is 4.72. The van der Waals surface area contributed by atoms with Crippen molar-refractivity contribution in [2.75, 3.05) is 13.2 Å². The molecule has 0 amide bonds. The van der Waals surface area contributed by atoms with Gasteiger partial charge in [0.05, 0.1) is 18.9 Å². The normalized spacial score (nSPS) is 15.1. The second-order valence-corrected chi connectivity index (χ2v) is 6.51. The number of benzene rings is 1. The fourth-order valence-corrected chi connectivity index (χ4v) is 3.11. The van der Waals surface area contributed by atoms with Crippen LogP contribution in [0.15, 0.2) is 42.7 Å². The third-order valence-corrected chi connectivity index (χ3v) is 4.59. The van der Waals surface area contributed by atoms with E-state index in [0.717, 1.165) is 35.8 Å². The van der Waals surface area contributed by atoms with Crippen LogP contribution < -0.4 is 14.8 Å². The van der Waals surface area contributed by atoms with E-state index in [9.17, 15) is 0 Å². The van der Waals surface area contributed by atoms with Crippen molar-refractivity contribution in [2.24, 2.45) is 0 Å². The summed E-state index contributed by atoms with van der Waals surface area (Å²) in [5.74, 6) is 1.68. The fourth-order valence-electron chi connectivity index (χ4n) is 3.11. The first-order valence-electron chi connectivity index (χ1n) is 8.77. The van der Waals surface area contributed by atoms with Gasteiger partial charge in [0, 0.05) is 31.4 Å². The van der Waals surface area contributed by atoms with E-state index in [4.69, 9.17) is 14.5 Å². The van der Waals surface area contributed by atoms with E-state index in [1.807, 2.05) is 18.3 Å². The number of hydrogen-bond acceptors (Lipinski definition) is 4. The minimum absolute atomic E-state index is 0.197. The molecule has 0 saturated carbocycles. The van der Waals surface area contributed by atoms with Crippen LogP contribution in [0.5, 0.6) is 11.5 Å². The highest BCUT2D eigenvalue weighted by molar-refractivity contribution is 5.48. The molecule has 3 aromatic rings. The SMILES string of the molecule is Cc1cccn2cc(CN[C@H](C)c3ccc4c(c3)OCCCO4)nc12. The molecular formula is C20H23N3O2. The molecule has 2 aromatic heterocycles. The van der Waals surface area contributed by atoms with E-state index < -0.39 is 0 Å². The lowest BCUT2D eigenvalue weighted by molar-refractivity contribution is 0.297. The first-order valence-corrected chi connectivity index (χ1v) is 8.77. The summed E-state index contributed by atoms with van der Waals surface area (Å²) in [6, 6.07) is 10.5. The standard InChI is InChI=1S/C20H23N3O2/c1-14-5-3-8-23-13-17(22-20(14)23)12-21-15(2)16-6-7-18-19(11-16)25-10-4-9-24-18/h3,5-8,11,13,15,21H,4,9-10,12H2,1-2H3/t15-/m1/s1. The number of imidazole rings is 1. The van der Waals surface area contributed by atoms with E-state index in [2.05, 4.69) is 48.0 Å². The number of aryl methyl sites for hydroxylation is 1. The van der Waals surface area contributed by atoms with Crippen molar-refractivity contribution >= 4 is 5.65 Å². The van der Waals surface area contributed by atoms with Crippen LogP contribution in [0.1, 0.15) is 36.2 Å². The molecule has 0 saturated heterocycles. The molecule has 1 aliphatic heterocycles. The number of nitrogens with zero attached hydrogens (tertiary/aromatic N) is 2. The Morgan fingerprint density at radius 2 is 2.04 bits per heavy atom. The first kappa shape index (κ1) is 16.0. The minimum Gasteiger partial charge on any atom is -0.490 e. The zero-order chi connectivity index (χ0) is 17.2. The number of rotatable bonds is 4. The molecule has 0 radical (unpaired) electrons. The zero-order valence-corrected chi connectivity index (χ0v) is 14.7. The summed E-state index contributed by atoms with van der Waals surface area (Å²) in [5.41, 5.74) is 4.42. The molecule has 0 bridgehead atoms. The number of ether oxygens (including phenoxy) is 2. The van der Waals surface area contributed by atoms with Gasteiger partial charge in [-0.2, -0.15) is 0 Å². The molecule has 0 spiro atoms. The van der Waals surface area contributed by atoms with Crippen LogP contribution in [0, 0.1) is 6.92 Å². The van der Waals surface area contributed by atoms with Crippen LogP contribution in [0.4, 0.5) is 0 Å². The van der Waals surface area contributed by atoms with Crippen molar-refractivity contribution in [3.8, 4) is 11.5 Å². The molecule has 3 heterocycles. The van der Waals surface area contributed by atoms with Crippen molar-refractivity contribution in [1.82, 2.24) is 14.7 Å². The number of hydrogen-bond donors (Lipinski definition) is 1. The summed E-state index contributed by atoms with van der Waals surface area (Å²) in [7, 11) is 0. The van der Waals surface area contributed by atoms with Gasteiger partial charge in [-0.05, 0) is 43.2 Å². The molecule has 0 fully saturated rings. The third kappa shape index (κ3) is 3.33. The van der Waals surface area contributed by atoms with Crippen LogP contribution in [0.2, 0.25) is 0 Å². The van der Waals surface area contributed by atoms with Gasteiger partial charge in [0.2, 0.25) is 0 Å². The van der Waals surface area contributed by atoms with E-state index in [1.54, 1.807) is 0 Å². The van der Waals surface area contributed by atoms with Gasteiger partial charge < -0.3 is 19.2 Å². The Balaban J connectivity index is 1.47. The van der Waals surface area contributed by atoms with Crippen LogP contribution in [0.3, 0.4) is 0 Å². The molecule has 4 rings (SSSR count). The maximum absolute atomic E-state index is 5.79. The smallest absolute Gasteiger partial charge is 0.161 e. The van der Waals surface area contributed by atoms with Gasteiger partial charge in [-0.15, -0.1) is 0 Å². The number of fused-ring (bicyclic) bond motifs is 2. The molecule has 1 aromatic carbocycles. The average Bonchev–Trinajstić information content (AvgIpc) is 2.90. The third-order valence-electron chi connectivity index (χ3n) is 4.59. The Morgan fingerprint density at radius 1 is 1.20 bits per heavy atom. The zero-order valence-electron chi connectivity index (χ0n) is 14.7. The van der Waals surface area contributed by atoms with Crippen LogP contribution in [0.25, 0.3) is 5.65 Å². The van der Waals surface area contributed by atoms with Gasteiger partial charge in [0.15, 0.2) is 11.5 Å². The maximum Gasteiger partial charge on any atom is 0.161 e. The van der Waals surface area contributed by atoms with Gasteiger partial charge >= 0.3 is 0 Å². The molecule has 0 unspecified atom stereocenters.